The standard InChI is InChI=1S/C21H24N2O2.ClH/c1-4-22-12-16-7-5-6-8-19(16)23-20(24)11-17-13-25-21-15(3)14(2)9-10-18(17)21;/h5-10,13,22H,4,11-12H2,1-3H3,(H,23,24);1H. The normalized spacial score (nSPS) is 10.6. The van der Waals surface area contributed by atoms with Gasteiger partial charge in [0.15, 0.2) is 0 Å². The number of amides is 1. The molecule has 0 spiro atoms. The van der Waals surface area contributed by atoms with Crippen LogP contribution in [0.2, 0.25) is 0 Å². The molecule has 1 amide bonds. The Balaban J connectivity index is 0.00000243. The highest BCUT2D eigenvalue weighted by Gasteiger charge is 2.13. The van der Waals surface area contributed by atoms with Gasteiger partial charge in [-0.1, -0.05) is 37.3 Å². The summed E-state index contributed by atoms with van der Waals surface area (Å²) in [5.74, 6) is -0.0372. The fraction of sp³-hybridized carbons (Fsp3) is 0.286. The van der Waals surface area contributed by atoms with Crippen molar-refractivity contribution in [2.45, 2.75) is 33.7 Å². The predicted molar refractivity (Wildman–Crippen MR) is 109 cm³/mol. The third-order valence-electron chi connectivity index (χ3n) is 4.55. The number of anilines is 1. The van der Waals surface area contributed by atoms with E-state index >= 15 is 0 Å². The Morgan fingerprint density at radius 2 is 1.85 bits per heavy atom. The highest BCUT2D eigenvalue weighted by atomic mass is 35.5. The number of hydrogen-bond acceptors (Lipinski definition) is 3. The molecule has 2 N–H and O–H groups in total. The second kappa shape index (κ2) is 8.88. The molecule has 0 atom stereocenters. The van der Waals surface area contributed by atoms with Crippen molar-refractivity contribution in [2.75, 3.05) is 11.9 Å². The van der Waals surface area contributed by atoms with Crippen molar-refractivity contribution < 1.29 is 9.21 Å². The maximum atomic E-state index is 12.5. The predicted octanol–water partition coefficient (Wildman–Crippen LogP) is 4.76. The van der Waals surface area contributed by atoms with Crippen LogP contribution in [-0.2, 0) is 17.8 Å². The van der Waals surface area contributed by atoms with Gasteiger partial charge in [-0.05, 0) is 43.1 Å². The molecular formula is C21H25ClN2O2. The summed E-state index contributed by atoms with van der Waals surface area (Å²) in [6.45, 7) is 7.80. The van der Waals surface area contributed by atoms with Gasteiger partial charge in [-0.2, -0.15) is 0 Å². The second-order valence-corrected chi connectivity index (χ2v) is 6.31. The summed E-state index contributed by atoms with van der Waals surface area (Å²) in [5, 5.41) is 7.33. The van der Waals surface area contributed by atoms with Crippen LogP contribution in [0.3, 0.4) is 0 Å². The molecule has 0 fully saturated rings. The van der Waals surface area contributed by atoms with Gasteiger partial charge >= 0.3 is 0 Å². The van der Waals surface area contributed by atoms with Crippen LogP contribution in [0.5, 0.6) is 0 Å². The molecule has 0 aliphatic rings. The number of carbonyl (C=O) groups is 1. The SMILES string of the molecule is CCNCc1ccccc1NC(=O)Cc1coc2c(C)c(C)ccc12.Cl. The van der Waals surface area contributed by atoms with Gasteiger partial charge in [-0.15, -0.1) is 12.4 Å². The van der Waals surface area contributed by atoms with Gasteiger partial charge < -0.3 is 15.1 Å². The van der Waals surface area contributed by atoms with Crippen LogP contribution in [0, 0.1) is 13.8 Å². The first-order valence-electron chi connectivity index (χ1n) is 8.65. The van der Waals surface area contributed by atoms with Crippen molar-refractivity contribution in [2.24, 2.45) is 0 Å². The van der Waals surface area contributed by atoms with Crippen LogP contribution in [-0.4, -0.2) is 12.5 Å². The van der Waals surface area contributed by atoms with Crippen LogP contribution >= 0.6 is 12.4 Å². The van der Waals surface area contributed by atoms with Gasteiger partial charge in [-0.25, -0.2) is 0 Å². The number of aryl methyl sites for hydroxylation is 2. The first kappa shape index (κ1) is 20.0. The molecule has 4 nitrogen and oxygen atoms in total. The molecule has 0 unspecified atom stereocenters. The number of nitrogens with one attached hydrogen (secondary N) is 2. The van der Waals surface area contributed by atoms with E-state index in [2.05, 4.69) is 30.5 Å². The second-order valence-electron chi connectivity index (χ2n) is 6.31. The van der Waals surface area contributed by atoms with Crippen molar-refractivity contribution in [1.82, 2.24) is 5.32 Å². The van der Waals surface area contributed by atoms with Gasteiger partial charge in [0.2, 0.25) is 5.91 Å². The van der Waals surface area contributed by atoms with Gasteiger partial charge in [0.25, 0.3) is 0 Å². The molecule has 26 heavy (non-hydrogen) atoms. The van der Waals surface area contributed by atoms with E-state index in [0.29, 0.717) is 6.42 Å². The van der Waals surface area contributed by atoms with Crippen molar-refractivity contribution in [1.29, 1.82) is 0 Å². The van der Waals surface area contributed by atoms with Crippen molar-refractivity contribution in [3.63, 3.8) is 0 Å². The Labute approximate surface area is 160 Å². The summed E-state index contributed by atoms with van der Waals surface area (Å²) < 4.78 is 5.70. The van der Waals surface area contributed by atoms with Crippen molar-refractivity contribution in [3.8, 4) is 0 Å². The average molecular weight is 373 g/mol. The van der Waals surface area contributed by atoms with Crippen LogP contribution in [0.15, 0.2) is 47.1 Å². The molecule has 0 saturated heterocycles. The molecule has 138 valence electrons. The first-order chi connectivity index (χ1) is 12.1. The summed E-state index contributed by atoms with van der Waals surface area (Å²) >= 11 is 0. The summed E-state index contributed by atoms with van der Waals surface area (Å²) in [4.78, 5) is 12.5. The molecule has 3 rings (SSSR count). The summed E-state index contributed by atoms with van der Waals surface area (Å²) in [6, 6.07) is 12.0. The van der Waals surface area contributed by atoms with Crippen molar-refractivity contribution in [3.05, 3.63) is 64.9 Å². The third-order valence-corrected chi connectivity index (χ3v) is 4.55. The van der Waals surface area contributed by atoms with Crippen LogP contribution in [0.4, 0.5) is 5.69 Å². The lowest BCUT2D eigenvalue weighted by Gasteiger charge is -2.11. The Morgan fingerprint density at radius 1 is 1.08 bits per heavy atom. The lowest BCUT2D eigenvalue weighted by Crippen LogP contribution is -2.18. The Morgan fingerprint density at radius 3 is 2.62 bits per heavy atom. The first-order valence-corrected chi connectivity index (χ1v) is 8.65. The molecule has 3 aromatic rings. The van der Waals surface area contributed by atoms with Gasteiger partial charge in [-0.3, -0.25) is 4.79 Å². The van der Waals surface area contributed by atoms with E-state index in [1.54, 1.807) is 6.26 Å². The fourth-order valence-corrected chi connectivity index (χ4v) is 2.95. The number of fused-ring (bicyclic) bond motifs is 1. The van der Waals surface area contributed by atoms with E-state index in [-0.39, 0.29) is 18.3 Å². The van der Waals surface area contributed by atoms with Crippen LogP contribution in [0.25, 0.3) is 11.0 Å². The Bertz CT molecular complexity index is 902. The monoisotopic (exact) mass is 372 g/mol. The summed E-state index contributed by atoms with van der Waals surface area (Å²) in [5.41, 5.74) is 6.04. The zero-order valence-corrected chi connectivity index (χ0v) is 16.2. The topological polar surface area (TPSA) is 54.3 Å². The molecule has 2 aromatic carbocycles. The van der Waals surface area contributed by atoms with E-state index in [9.17, 15) is 4.79 Å². The number of carbonyl (C=O) groups excluding carboxylic acids is 1. The smallest absolute Gasteiger partial charge is 0.228 e. The van der Waals surface area contributed by atoms with Crippen LogP contribution in [0.1, 0.15) is 29.2 Å². The summed E-state index contributed by atoms with van der Waals surface area (Å²) in [7, 11) is 0. The minimum atomic E-state index is -0.0372. The molecule has 0 aliphatic carbocycles. The lowest BCUT2D eigenvalue weighted by atomic mass is 10.0. The largest absolute Gasteiger partial charge is 0.464 e. The molecule has 0 bridgehead atoms. The Kier molecular flexibility index (Phi) is 6.83. The average Bonchev–Trinajstić information content (AvgIpc) is 3.01. The maximum Gasteiger partial charge on any atom is 0.228 e. The van der Waals surface area contributed by atoms with E-state index in [4.69, 9.17) is 4.42 Å². The number of rotatable bonds is 6. The lowest BCUT2D eigenvalue weighted by molar-refractivity contribution is -0.115. The minimum absolute atomic E-state index is 0. The quantitative estimate of drug-likeness (QED) is 0.655. The number of hydrogen-bond donors (Lipinski definition) is 2. The van der Waals surface area contributed by atoms with Gasteiger partial charge in [0.05, 0.1) is 12.7 Å². The van der Waals surface area contributed by atoms with E-state index < -0.39 is 0 Å². The van der Waals surface area contributed by atoms with Gasteiger partial charge in [0.1, 0.15) is 5.58 Å². The number of benzene rings is 2. The number of halogens is 1. The summed E-state index contributed by atoms with van der Waals surface area (Å²) in [6.07, 6.45) is 1.99. The zero-order valence-electron chi connectivity index (χ0n) is 15.4. The van der Waals surface area contributed by atoms with Crippen LogP contribution < -0.4 is 10.6 Å². The maximum absolute atomic E-state index is 12.5. The molecule has 0 saturated carbocycles. The van der Waals surface area contributed by atoms with E-state index in [0.717, 1.165) is 46.4 Å². The van der Waals surface area contributed by atoms with E-state index in [1.807, 2.05) is 37.3 Å². The highest BCUT2D eigenvalue weighted by molar-refractivity contribution is 5.96. The number of furan rings is 1. The molecular weight excluding hydrogens is 348 g/mol. The highest BCUT2D eigenvalue weighted by Crippen LogP contribution is 2.27. The number of para-hydroxylation sites is 1. The van der Waals surface area contributed by atoms with Crippen molar-refractivity contribution >= 4 is 35.0 Å². The molecule has 1 heterocycles. The Hall–Kier alpha value is -2.30. The zero-order chi connectivity index (χ0) is 17.8. The molecule has 1 aromatic heterocycles. The fourth-order valence-electron chi connectivity index (χ4n) is 2.95. The molecule has 0 radical (unpaired) electrons. The van der Waals surface area contributed by atoms with E-state index in [1.165, 1.54) is 5.56 Å². The minimum Gasteiger partial charge on any atom is -0.464 e. The third kappa shape index (κ3) is 4.26. The molecule has 5 heteroatoms. The molecule has 0 aliphatic heterocycles. The van der Waals surface area contributed by atoms with Gasteiger partial charge in [0, 0.05) is 23.2 Å².